The van der Waals surface area contributed by atoms with Crippen LogP contribution >= 0.6 is 0 Å². The Morgan fingerprint density at radius 2 is 1.89 bits per heavy atom. The van der Waals surface area contributed by atoms with Crippen LogP contribution in [0.4, 0.5) is 5.82 Å². The molecule has 0 spiro atoms. The number of fused-ring (bicyclic) bond motifs is 1. The van der Waals surface area contributed by atoms with Gasteiger partial charge in [-0.1, -0.05) is 13.0 Å². The molecule has 0 bridgehead atoms. The molecule has 1 N–H and O–H groups in total. The van der Waals surface area contributed by atoms with Crippen molar-refractivity contribution in [2.24, 2.45) is 0 Å². The summed E-state index contributed by atoms with van der Waals surface area (Å²) in [5, 5.41) is 3.44. The lowest BCUT2D eigenvalue weighted by atomic mass is 9.98. The zero-order valence-corrected chi connectivity index (χ0v) is 11.6. The minimum atomic E-state index is 0.530. The van der Waals surface area contributed by atoms with Gasteiger partial charge >= 0.3 is 0 Å². The molecular weight excluding hydrogens is 222 g/mol. The molecule has 3 heterocycles. The minimum absolute atomic E-state index is 0.530. The van der Waals surface area contributed by atoms with Crippen molar-refractivity contribution in [3.8, 4) is 0 Å². The molecule has 0 radical (unpaired) electrons. The van der Waals surface area contributed by atoms with Gasteiger partial charge in [0.15, 0.2) is 0 Å². The minimum Gasteiger partial charge on any atom is -0.351 e. The second-order valence-electron chi connectivity index (χ2n) is 5.93. The predicted octanol–water partition coefficient (Wildman–Crippen LogP) is 2.67. The van der Waals surface area contributed by atoms with E-state index in [-0.39, 0.29) is 0 Å². The molecule has 1 aromatic heterocycles. The molecule has 3 heteroatoms. The summed E-state index contributed by atoms with van der Waals surface area (Å²) >= 11 is 0. The van der Waals surface area contributed by atoms with Crippen LogP contribution in [0.2, 0.25) is 0 Å². The van der Waals surface area contributed by atoms with Gasteiger partial charge in [0.2, 0.25) is 0 Å². The Kier molecular flexibility index (Phi) is 3.02. The summed E-state index contributed by atoms with van der Waals surface area (Å²) in [4.78, 5) is 7.46. The average Bonchev–Trinajstić information content (AvgIpc) is 2.69. The first-order valence-corrected chi connectivity index (χ1v) is 7.15. The molecule has 2 aliphatic rings. The average molecular weight is 245 g/mol. The SMILES string of the molecule is CC1CNCc2ccc(N3C(C)CCC3C)nc21. The molecule has 1 saturated heterocycles. The predicted molar refractivity (Wildman–Crippen MR) is 75.0 cm³/mol. The van der Waals surface area contributed by atoms with E-state index >= 15 is 0 Å². The Morgan fingerprint density at radius 1 is 1.17 bits per heavy atom. The molecule has 3 atom stereocenters. The normalized spacial score (nSPS) is 31.5. The maximum atomic E-state index is 4.96. The smallest absolute Gasteiger partial charge is 0.129 e. The molecule has 1 fully saturated rings. The van der Waals surface area contributed by atoms with Gasteiger partial charge in [-0.3, -0.25) is 0 Å². The topological polar surface area (TPSA) is 28.2 Å². The van der Waals surface area contributed by atoms with Crippen molar-refractivity contribution in [3.63, 3.8) is 0 Å². The number of nitrogens with one attached hydrogen (secondary N) is 1. The number of nitrogens with zero attached hydrogens (tertiary/aromatic N) is 2. The Labute approximate surface area is 110 Å². The van der Waals surface area contributed by atoms with Crippen LogP contribution in [0.3, 0.4) is 0 Å². The van der Waals surface area contributed by atoms with E-state index in [9.17, 15) is 0 Å². The van der Waals surface area contributed by atoms with Crippen molar-refractivity contribution in [2.75, 3.05) is 11.4 Å². The highest BCUT2D eigenvalue weighted by molar-refractivity contribution is 5.46. The molecule has 3 nitrogen and oxygen atoms in total. The van der Waals surface area contributed by atoms with Crippen molar-refractivity contribution < 1.29 is 0 Å². The van der Waals surface area contributed by atoms with E-state index in [4.69, 9.17) is 4.98 Å². The lowest BCUT2D eigenvalue weighted by Gasteiger charge is -2.30. The third-order valence-electron chi connectivity index (χ3n) is 4.45. The number of aromatic nitrogens is 1. The summed E-state index contributed by atoms with van der Waals surface area (Å²) in [5.41, 5.74) is 2.68. The van der Waals surface area contributed by atoms with Gasteiger partial charge in [-0.05, 0) is 38.3 Å². The summed E-state index contributed by atoms with van der Waals surface area (Å²) in [7, 11) is 0. The Bertz CT molecular complexity index is 433. The van der Waals surface area contributed by atoms with E-state index in [0.717, 1.165) is 13.1 Å². The largest absolute Gasteiger partial charge is 0.351 e. The van der Waals surface area contributed by atoms with Gasteiger partial charge in [-0.15, -0.1) is 0 Å². The first-order valence-electron chi connectivity index (χ1n) is 7.15. The Morgan fingerprint density at radius 3 is 2.61 bits per heavy atom. The number of hydrogen-bond acceptors (Lipinski definition) is 3. The van der Waals surface area contributed by atoms with Crippen molar-refractivity contribution in [1.82, 2.24) is 10.3 Å². The molecule has 18 heavy (non-hydrogen) atoms. The van der Waals surface area contributed by atoms with E-state index in [2.05, 4.69) is 43.1 Å². The van der Waals surface area contributed by atoms with Crippen LogP contribution in [0.5, 0.6) is 0 Å². The second kappa shape index (κ2) is 4.54. The highest BCUT2D eigenvalue weighted by atomic mass is 15.3. The maximum Gasteiger partial charge on any atom is 0.129 e. The number of hydrogen-bond donors (Lipinski definition) is 1. The van der Waals surface area contributed by atoms with Gasteiger partial charge in [-0.2, -0.15) is 0 Å². The first-order chi connectivity index (χ1) is 8.66. The van der Waals surface area contributed by atoms with Gasteiger partial charge in [0.25, 0.3) is 0 Å². The summed E-state index contributed by atoms with van der Waals surface area (Å²) in [6, 6.07) is 5.72. The lowest BCUT2D eigenvalue weighted by molar-refractivity contribution is 0.554. The van der Waals surface area contributed by atoms with Crippen molar-refractivity contribution in [3.05, 3.63) is 23.4 Å². The number of pyridine rings is 1. The molecule has 3 unspecified atom stereocenters. The summed E-state index contributed by atoms with van der Waals surface area (Å²) < 4.78 is 0. The number of anilines is 1. The third kappa shape index (κ3) is 1.91. The highest BCUT2D eigenvalue weighted by Gasteiger charge is 2.29. The van der Waals surface area contributed by atoms with Crippen LogP contribution in [0.25, 0.3) is 0 Å². The summed E-state index contributed by atoms with van der Waals surface area (Å²) in [6.45, 7) is 8.91. The van der Waals surface area contributed by atoms with Crippen LogP contribution in [0.1, 0.15) is 50.8 Å². The molecule has 98 valence electrons. The van der Waals surface area contributed by atoms with Crippen molar-refractivity contribution in [1.29, 1.82) is 0 Å². The van der Waals surface area contributed by atoms with Crippen LogP contribution in [-0.4, -0.2) is 23.6 Å². The summed E-state index contributed by atoms with van der Waals surface area (Å²) in [6.07, 6.45) is 2.58. The van der Waals surface area contributed by atoms with Gasteiger partial charge in [0, 0.05) is 31.1 Å². The van der Waals surface area contributed by atoms with E-state index in [1.165, 1.54) is 29.9 Å². The van der Waals surface area contributed by atoms with Crippen LogP contribution < -0.4 is 10.2 Å². The standard InChI is InChI=1S/C15H23N3/c1-10-8-16-9-13-6-7-14(17-15(10)13)18-11(2)4-5-12(18)3/h6-7,10-12,16H,4-5,8-9H2,1-3H3. The molecule has 3 rings (SSSR count). The fourth-order valence-electron chi connectivity index (χ4n) is 3.38. The summed E-state index contributed by atoms with van der Waals surface area (Å²) in [5.74, 6) is 1.71. The quantitative estimate of drug-likeness (QED) is 0.824. The third-order valence-corrected chi connectivity index (χ3v) is 4.45. The fourth-order valence-corrected chi connectivity index (χ4v) is 3.38. The van der Waals surface area contributed by atoms with Gasteiger partial charge in [-0.25, -0.2) is 4.98 Å². The van der Waals surface area contributed by atoms with Gasteiger partial charge < -0.3 is 10.2 Å². The van der Waals surface area contributed by atoms with Crippen LogP contribution in [0, 0.1) is 0 Å². The molecular formula is C15H23N3. The molecule has 1 aromatic rings. The monoisotopic (exact) mass is 245 g/mol. The zero-order valence-electron chi connectivity index (χ0n) is 11.6. The van der Waals surface area contributed by atoms with E-state index < -0.39 is 0 Å². The van der Waals surface area contributed by atoms with E-state index in [0.29, 0.717) is 18.0 Å². The molecule has 0 amide bonds. The molecule has 0 aliphatic carbocycles. The molecule has 0 saturated carbocycles. The van der Waals surface area contributed by atoms with Crippen LogP contribution in [0.15, 0.2) is 12.1 Å². The van der Waals surface area contributed by atoms with Crippen LogP contribution in [-0.2, 0) is 6.54 Å². The van der Waals surface area contributed by atoms with Crippen molar-refractivity contribution >= 4 is 5.82 Å². The van der Waals surface area contributed by atoms with Crippen molar-refractivity contribution in [2.45, 2.75) is 58.2 Å². The zero-order chi connectivity index (χ0) is 12.7. The lowest BCUT2D eigenvalue weighted by Crippen LogP contribution is -2.34. The first kappa shape index (κ1) is 12.0. The molecule has 0 aromatic carbocycles. The van der Waals surface area contributed by atoms with Gasteiger partial charge in [0.1, 0.15) is 5.82 Å². The Hall–Kier alpha value is -1.09. The van der Waals surface area contributed by atoms with Gasteiger partial charge in [0.05, 0.1) is 5.69 Å². The van der Waals surface area contributed by atoms with E-state index in [1.54, 1.807) is 0 Å². The molecule has 2 aliphatic heterocycles. The Balaban J connectivity index is 1.96. The maximum absolute atomic E-state index is 4.96. The van der Waals surface area contributed by atoms with E-state index in [1.807, 2.05) is 0 Å². The fraction of sp³-hybridized carbons (Fsp3) is 0.667. The number of rotatable bonds is 1. The second-order valence-corrected chi connectivity index (χ2v) is 5.93. The highest BCUT2D eigenvalue weighted by Crippen LogP contribution is 2.31.